The van der Waals surface area contributed by atoms with Gasteiger partial charge in [-0.25, -0.2) is 0 Å². The molecule has 0 aromatic heterocycles. The molecule has 22 heavy (non-hydrogen) atoms. The number of rotatable bonds is 6. The summed E-state index contributed by atoms with van der Waals surface area (Å²) in [5, 5.41) is 0. The third-order valence-electron chi connectivity index (χ3n) is 7.15. The van der Waals surface area contributed by atoms with Gasteiger partial charge in [-0.3, -0.25) is 0 Å². The van der Waals surface area contributed by atoms with E-state index in [1.807, 2.05) is 0 Å². The van der Waals surface area contributed by atoms with Gasteiger partial charge in [0.1, 0.15) is 0 Å². The summed E-state index contributed by atoms with van der Waals surface area (Å²) >= 11 is 0. The van der Waals surface area contributed by atoms with Crippen molar-refractivity contribution in [2.45, 2.75) is 97.0 Å². The number of ether oxygens (including phenoxy) is 1. The summed E-state index contributed by atoms with van der Waals surface area (Å²) in [4.78, 5) is 0. The van der Waals surface area contributed by atoms with Gasteiger partial charge in [0.25, 0.3) is 0 Å². The van der Waals surface area contributed by atoms with Crippen LogP contribution in [-0.4, -0.2) is 12.7 Å². The third-order valence-corrected chi connectivity index (χ3v) is 7.15. The Morgan fingerprint density at radius 1 is 0.773 bits per heavy atom. The zero-order valence-corrected chi connectivity index (χ0v) is 15.1. The van der Waals surface area contributed by atoms with Gasteiger partial charge in [0.15, 0.2) is 0 Å². The van der Waals surface area contributed by atoms with E-state index >= 15 is 0 Å². The quantitative estimate of drug-likeness (QED) is 0.530. The van der Waals surface area contributed by atoms with Crippen LogP contribution in [0.1, 0.15) is 90.9 Å². The summed E-state index contributed by atoms with van der Waals surface area (Å²) in [5.41, 5.74) is 0. The summed E-state index contributed by atoms with van der Waals surface area (Å²) in [6.07, 6.45) is 17.9. The molecule has 0 bridgehead atoms. The van der Waals surface area contributed by atoms with Gasteiger partial charge < -0.3 is 4.74 Å². The lowest BCUT2D eigenvalue weighted by molar-refractivity contribution is -0.0536. The van der Waals surface area contributed by atoms with E-state index in [0.717, 1.165) is 36.2 Å². The van der Waals surface area contributed by atoms with E-state index in [-0.39, 0.29) is 0 Å². The number of unbranched alkanes of at least 4 members (excludes halogenated alkanes) is 1. The first kappa shape index (κ1) is 16.8. The lowest BCUT2D eigenvalue weighted by Crippen LogP contribution is -2.42. The Morgan fingerprint density at radius 3 is 2.23 bits per heavy atom. The maximum atomic E-state index is 6.16. The first-order valence-corrected chi connectivity index (χ1v) is 10.4. The lowest BCUT2D eigenvalue weighted by Gasteiger charge is -2.50. The Labute approximate surface area is 138 Å². The van der Waals surface area contributed by atoms with Crippen LogP contribution in [0.25, 0.3) is 0 Å². The van der Waals surface area contributed by atoms with Crippen LogP contribution in [0.2, 0.25) is 0 Å². The number of fused-ring (bicyclic) bond motifs is 3. The molecule has 0 amide bonds. The molecule has 4 unspecified atom stereocenters. The Morgan fingerprint density at radius 2 is 1.50 bits per heavy atom. The highest BCUT2D eigenvalue weighted by Gasteiger charge is 2.44. The average Bonchev–Trinajstić information content (AvgIpc) is 2.55. The van der Waals surface area contributed by atoms with Crippen LogP contribution >= 0.6 is 0 Å². The predicted molar refractivity (Wildman–Crippen MR) is 93.9 cm³/mol. The zero-order valence-electron chi connectivity index (χ0n) is 15.1. The Hall–Kier alpha value is -0.0400. The fourth-order valence-electron chi connectivity index (χ4n) is 6.06. The van der Waals surface area contributed by atoms with E-state index in [1.54, 1.807) is 12.8 Å². The van der Waals surface area contributed by atoms with E-state index in [2.05, 4.69) is 13.8 Å². The lowest BCUT2D eigenvalue weighted by atomic mass is 9.56. The second-order valence-electron chi connectivity index (χ2n) is 8.55. The van der Waals surface area contributed by atoms with Crippen LogP contribution in [0.3, 0.4) is 0 Å². The number of hydrogen-bond donors (Lipinski definition) is 0. The molecular weight excluding hydrogens is 268 g/mol. The molecule has 0 aromatic carbocycles. The van der Waals surface area contributed by atoms with Crippen LogP contribution in [0, 0.1) is 29.6 Å². The van der Waals surface area contributed by atoms with E-state index in [0.29, 0.717) is 6.10 Å². The summed E-state index contributed by atoms with van der Waals surface area (Å²) in [6.45, 7) is 5.63. The summed E-state index contributed by atoms with van der Waals surface area (Å²) in [7, 11) is 0. The van der Waals surface area contributed by atoms with Crippen LogP contribution in [0.4, 0.5) is 0 Å². The molecule has 3 fully saturated rings. The fourth-order valence-corrected chi connectivity index (χ4v) is 6.06. The summed E-state index contributed by atoms with van der Waals surface area (Å²) in [6, 6.07) is 0. The van der Waals surface area contributed by atoms with Crippen molar-refractivity contribution in [1.29, 1.82) is 0 Å². The maximum absolute atomic E-state index is 6.16. The van der Waals surface area contributed by atoms with Crippen molar-refractivity contribution in [3.63, 3.8) is 0 Å². The van der Waals surface area contributed by atoms with Crippen LogP contribution in [-0.2, 0) is 4.74 Å². The molecule has 3 saturated carbocycles. The molecule has 0 radical (unpaired) electrons. The first-order valence-electron chi connectivity index (χ1n) is 10.4. The molecule has 6 atom stereocenters. The van der Waals surface area contributed by atoms with Crippen molar-refractivity contribution in [3.8, 4) is 0 Å². The van der Waals surface area contributed by atoms with Crippen molar-refractivity contribution in [3.05, 3.63) is 0 Å². The van der Waals surface area contributed by atoms with Crippen LogP contribution in [0.15, 0.2) is 0 Å². The second kappa shape index (κ2) is 8.18. The molecule has 3 aliphatic rings. The Bertz CT molecular complexity index is 326. The Kier molecular flexibility index (Phi) is 6.24. The molecule has 0 N–H and O–H groups in total. The van der Waals surface area contributed by atoms with Crippen molar-refractivity contribution < 1.29 is 4.74 Å². The largest absolute Gasteiger partial charge is 0.378 e. The molecule has 0 heterocycles. The van der Waals surface area contributed by atoms with Gasteiger partial charge in [-0.2, -0.15) is 0 Å². The summed E-state index contributed by atoms with van der Waals surface area (Å²) in [5.74, 6) is 5.31. The number of hydrogen-bond acceptors (Lipinski definition) is 1. The molecule has 0 aliphatic heterocycles. The Balaban J connectivity index is 1.50. The molecular formula is C21H38O. The molecule has 0 saturated heterocycles. The van der Waals surface area contributed by atoms with E-state index in [1.165, 1.54) is 64.2 Å². The van der Waals surface area contributed by atoms with Gasteiger partial charge in [0.05, 0.1) is 6.10 Å². The molecule has 1 nitrogen and oxygen atoms in total. The molecule has 0 aromatic rings. The van der Waals surface area contributed by atoms with Crippen LogP contribution in [0.5, 0.6) is 0 Å². The minimum atomic E-state index is 0.598. The smallest absolute Gasteiger partial charge is 0.0578 e. The third kappa shape index (κ3) is 3.89. The van der Waals surface area contributed by atoms with Crippen molar-refractivity contribution in [2.75, 3.05) is 6.61 Å². The second-order valence-corrected chi connectivity index (χ2v) is 8.55. The highest BCUT2D eigenvalue weighted by molar-refractivity contribution is 4.94. The standard InChI is InChI=1S/C21H38O/c1-3-5-13-22-19-10-12-21-18(15-19)9-8-17-14-16(6-4-2)7-11-20(17)21/h16-21H,3-15H2,1-2H3/t16-,17?,18?,19-,20?,21?/m0/s1. The molecule has 128 valence electrons. The minimum absolute atomic E-state index is 0.598. The van der Waals surface area contributed by atoms with Gasteiger partial charge in [0, 0.05) is 6.61 Å². The van der Waals surface area contributed by atoms with Crippen molar-refractivity contribution >= 4 is 0 Å². The van der Waals surface area contributed by atoms with E-state index in [9.17, 15) is 0 Å². The average molecular weight is 307 g/mol. The van der Waals surface area contributed by atoms with Gasteiger partial charge in [-0.15, -0.1) is 0 Å². The van der Waals surface area contributed by atoms with Crippen molar-refractivity contribution in [1.82, 2.24) is 0 Å². The summed E-state index contributed by atoms with van der Waals surface area (Å²) < 4.78 is 6.16. The zero-order chi connectivity index (χ0) is 15.4. The topological polar surface area (TPSA) is 9.23 Å². The van der Waals surface area contributed by atoms with E-state index in [4.69, 9.17) is 4.74 Å². The fraction of sp³-hybridized carbons (Fsp3) is 1.00. The van der Waals surface area contributed by atoms with Crippen LogP contribution < -0.4 is 0 Å². The SMILES string of the molecule is CCCCO[C@H]1CCC2C(CCC3C[C@@H](CCC)CCC32)C1. The maximum Gasteiger partial charge on any atom is 0.0578 e. The molecule has 3 aliphatic carbocycles. The first-order chi connectivity index (χ1) is 10.8. The highest BCUT2D eigenvalue weighted by atomic mass is 16.5. The molecule has 0 spiro atoms. The molecule has 3 rings (SSSR count). The van der Waals surface area contributed by atoms with Gasteiger partial charge in [-0.1, -0.05) is 39.5 Å². The van der Waals surface area contributed by atoms with E-state index < -0.39 is 0 Å². The van der Waals surface area contributed by atoms with Gasteiger partial charge in [-0.05, 0) is 81.0 Å². The monoisotopic (exact) mass is 306 g/mol. The van der Waals surface area contributed by atoms with Gasteiger partial charge in [0.2, 0.25) is 0 Å². The van der Waals surface area contributed by atoms with Crippen molar-refractivity contribution in [2.24, 2.45) is 29.6 Å². The van der Waals surface area contributed by atoms with Gasteiger partial charge >= 0.3 is 0 Å². The minimum Gasteiger partial charge on any atom is -0.378 e. The molecule has 1 heteroatoms. The highest BCUT2D eigenvalue weighted by Crippen LogP contribution is 2.53. The predicted octanol–water partition coefficient (Wildman–Crippen LogP) is 6.21. The normalized spacial score (nSPS) is 41.7.